The number of hydrogen-bond donors (Lipinski definition) is 2. The number of carbonyl (C=O) groups is 1. The first-order chi connectivity index (χ1) is 11.5. The summed E-state index contributed by atoms with van der Waals surface area (Å²) in [5.41, 5.74) is 1.23. The minimum absolute atomic E-state index is 0.0499. The minimum Gasteiger partial charge on any atom is -0.396 e. The SMILES string of the molecule is CC(C)(CCO)CNC(=O)CCN1CCN(c2ccccc2)CC1. The van der Waals surface area contributed by atoms with E-state index in [1.165, 1.54) is 5.69 Å². The minimum atomic E-state index is -0.0499. The number of benzene rings is 1. The van der Waals surface area contributed by atoms with E-state index in [0.717, 1.165) is 32.7 Å². The maximum atomic E-state index is 12.0. The van der Waals surface area contributed by atoms with Gasteiger partial charge in [0.15, 0.2) is 0 Å². The fraction of sp³-hybridized carbons (Fsp3) is 0.632. The van der Waals surface area contributed by atoms with Gasteiger partial charge in [-0.25, -0.2) is 0 Å². The van der Waals surface area contributed by atoms with Crippen LogP contribution in [0, 0.1) is 5.41 Å². The summed E-state index contributed by atoms with van der Waals surface area (Å²) in [5.74, 6) is 0.103. The number of para-hydroxylation sites is 1. The van der Waals surface area contributed by atoms with Gasteiger partial charge < -0.3 is 15.3 Å². The highest BCUT2D eigenvalue weighted by molar-refractivity contribution is 5.76. The molecule has 0 aromatic heterocycles. The average molecular weight is 333 g/mol. The molecule has 0 atom stereocenters. The zero-order valence-corrected chi connectivity index (χ0v) is 15.0. The van der Waals surface area contributed by atoms with Gasteiger partial charge in [0.1, 0.15) is 0 Å². The van der Waals surface area contributed by atoms with Gasteiger partial charge in [-0.1, -0.05) is 32.0 Å². The first kappa shape index (κ1) is 18.7. The third-order valence-electron chi connectivity index (χ3n) is 4.70. The summed E-state index contributed by atoms with van der Waals surface area (Å²) in [5, 5.41) is 12.0. The molecule has 5 heteroatoms. The molecule has 1 aliphatic rings. The molecule has 0 unspecified atom stereocenters. The lowest BCUT2D eigenvalue weighted by Gasteiger charge is -2.36. The molecule has 2 N–H and O–H groups in total. The Morgan fingerprint density at radius 1 is 1.17 bits per heavy atom. The highest BCUT2D eigenvalue weighted by Crippen LogP contribution is 2.18. The third-order valence-corrected chi connectivity index (χ3v) is 4.70. The molecule has 0 saturated carbocycles. The Balaban J connectivity index is 1.64. The van der Waals surface area contributed by atoms with E-state index in [2.05, 4.69) is 53.2 Å². The molecule has 1 saturated heterocycles. The lowest BCUT2D eigenvalue weighted by atomic mass is 9.90. The van der Waals surface area contributed by atoms with Gasteiger partial charge in [-0.15, -0.1) is 0 Å². The molecule has 1 heterocycles. The molecule has 0 spiro atoms. The van der Waals surface area contributed by atoms with Crippen molar-refractivity contribution in [2.45, 2.75) is 26.7 Å². The number of anilines is 1. The summed E-state index contributed by atoms with van der Waals surface area (Å²) in [7, 11) is 0. The van der Waals surface area contributed by atoms with Crippen molar-refractivity contribution in [3.8, 4) is 0 Å². The first-order valence-electron chi connectivity index (χ1n) is 8.90. The van der Waals surface area contributed by atoms with Crippen molar-refractivity contribution in [1.82, 2.24) is 10.2 Å². The normalized spacial score (nSPS) is 16.2. The molecule has 1 aliphatic heterocycles. The van der Waals surface area contributed by atoms with Gasteiger partial charge in [0, 0.05) is 58.0 Å². The summed E-state index contributed by atoms with van der Waals surface area (Å²) in [6.45, 7) is 9.73. The Kier molecular flexibility index (Phi) is 7.06. The van der Waals surface area contributed by atoms with Crippen molar-refractivity contribution in [2.75, 3.05) is 50.8 Å². The fourth-order valence-electron chi connectivity index (χ4n) is 2.95. The second-order valence-electron chi connectivity index (χ2n) is 7.33. The summed E-state index contributed by atoms with van der Waals surface area (Å²) >= 11 is 0. The number of hydrogen-bond acceptors (Lipinski definition) is 4. The van der Waals surface area contributed by atoms with Crippen LogP contribution in [0.2, 0.25) is 0 Å². The van der Waals surface area contributed by atoms with E-state index in [9.17, 15) is 4.79 Å². The molecule has 1 amide bonds. The quantitative estimate of drug-likeness (QED) is 0.761. The largest absolute Gasteiger partial charge is 0.396 e. The number of rotatable bonds is 8. The number of carbonyl (C=O) groups excluding carboxylic acids is 1. The Morgan fingerprint density at radius 3 is 2.46 bits per heavy atom. The highest BCUT2D eigenvalue weighted by atomic mass is 16.3. The summed E-state index contributed by atoms with van der Waals surface area (Å²) in [4.78, 5) is 16.8. The summed E-state index contributed by atoms with van der Waals surface area (Å²) < 4.78 is 0. The third kappa shape index (κ3) is 6.13. The molecular formula is C19H31N3O2. The monoisotopic (exact) mass is 333 g/mol. The molecule has 0 aliphatic carbocycles. The smallest absolute Gasteiger partial charge is 0.221 e. The molecule has 1 fully saturated rings. The number of nitrogens with one attached hydrogen (secondary N) is 1. The van der Waals surface area contributed by atoms with Gasteiger partial charge >= 0.3 is 0 Å². The van der Waals surface area contributed by atoms with Gasteiger partial charge in [-0.2, -0.15) is 0 Å². The predicted molar refractivity (Wildman–Crippen MR) is 98.2 cm³/mol. The van der Waals surface area contributed by atoms with Crippen LogP contribution in [0.3, 0.4) is 0 Å². The van der Waals surface area contributed by atoms with Crippen LogP contribution in [0.4, 0.5) is 5.69 Å². The summed E-state index contributed by atoms with van der Waals surface area (Å²) in [6.07, 6.45) is 1.25. The molecule has 1 aromatic rings. The standard InChI is InChI=1S/C19H31N3O2/c1-19(2,9-15-23)16-20-18(24)8-10-21-11-13-22(14-12-21)17-6-4-3-5-7-17/h3-7,23H,8-16H2,1-2H3,(H,20,24). The van der Waals surface area contributed by atoms with E-state index in [0.29, 0.717) is 19.4 Å². The van der Waals surface area contributed by atoms with Crippen molar-refractivity contribution < 1.29 is 9.90 Å². The van der Waals surface area contributed by atoms with Crippen LogP contribution in [0.5, 0.6) is 0 Å². The van der Waals surface area contributed by atoms with Gasteiger partial charge in [0.05, 0.1) is 0 Å². The molecule has 24 heavy (non-hydrogen) atoms. The number of amides is 1. The van der Waals surface area contributed by atoms with E-state index in [4.69, 9.17) is 5.11 Å². The Labute approximate surface area is 145 Å². The lowest BCUT2D eigenvalue weighted by Crippen LogP contribution is -2.47. The van der Waals surface area contributed by atoms with E-state index in [1.807, 2.05) is 6.07 Å². The van der Waals surface area contributed by atoms with Crippen molar-refractivity contribution in [2.24, 2.45) is 5.41 Å². The van der Waals surface area contributed by atoms with Crippen LogP contribution in [-0.4, -0.2) is 61.8 Å². The maximum Gasteiger partial charge on any atom is 0.221 e. The first-order valence-corrected chi connectivity index (χ1v) is 8.90. The van der Waals surface area contributed by atoms with Crippen molar-refractivity contribution in [3.63, 3.8) is 0 Å². The van der Waals surface area contributed by atoms with Crippen LogP contribution < -0.4 is 10.2 Å². The zero-order valence-electron chi connectivity index (χ0n) is 15.0. The molecule has 2 rings (SSSR count). The molecule has 5 nitrogen and oxygen atoms in total. The Bertz CT molecular complexity index is 497. The van der Waals surface area contributed by atoms with E-state index in [1.54, 1.807) is 0 Å². The van der Waals surface area contributed by atoms with E-state index >= 15 is 0 Å². The van der Waals surface area contributed by atoms with Gasteiger partial charge in [-0.3, -0.25) is 9.69 Å². The van der Waals surface area contributed by atoms with E-state index in [-0.39, 0.29) is 17.9 Å². The van der Waals surface area contributed by atoms with Gasteiger partial charge in [0.2, 0.25) is 5.91 Å². The van der Waals surface area contributed by atoms with Crippen LogP contribution in [0.15, 0.2) is 30.3 Å². The molecule has 1 aromatic carbocycles. The number of nitrogens with zero attached hydrogens (tertiary/aromatic N) is 2. The summed E-state index contributed by atoms with van der Waals surface area (Å²) in [6, 6.07) is 10.5. The maximum absolute atomic E-state index is 12.0. The molecule has 0 radical (unpaired) electrons. The Hall–Kier alpha value is -1.59. The second-order valence-corrected chi connectivity index (χ2v) is 7.33. The topological polar surface area (TPSA) is 55.8 Å². The number of aliphatic hydroxyl groups is 1. The van der Waals surface area contributed by atoms with Crippen LogP contribution in [-0.2, 0) is 4.79 Å². The lowest BCUT2D eigenvalue weighted by molar-refractivity contribution is -0.121. The molecular weight excluding hydrogens is 302 g/mol. The van der Waals surface area contributed by atoms with Gasteiger partial charge in [0.25, 0.3) is 0 Å². The van der Waals surface area contributed by atoms with Crippen LogP contribution >= 0.6 is 0 Å². The molecule has 134 valence electrons. The van der Waals surface area contributed by atoms with Gasteiger partial charge in [-0.05, 0) is 24.0 Å². The van der Waals surface area contributed by atoms with E-state index < -0.39 is 0 Å². The number of aliphatic hydroxyl groups excluding tert-OH is 1. The number of piperazine rings is 1. The predicted octanol–water partition coefficient (Wildman–Crippen LogP) is 1.72. The zero-order chi connectivity index (χ0) is 17.4. The fourth-order valence-corrected chi connectivity index (χ4v) is 2.95. The Morgan fingerprint density at radius 2 is 1.83 bits per heavy atom. The van der Waals surface area contributed by atoms with Crippen molar-refractivity contribution >= 4 is 11.6 Å². The van der Waals surface area contributed by atoms with Crippen LogP contribution in [0.1, 0.15) is 26.7 Å². The van der Waals surface area contributed by atoms with Crippen molar-refractivity contribution in [3.05, 3.63) is 30.3 Å². The average Bonchev–Trinajstić information content (AvgIpc) is 2.59. The molecule has 0 bridgehead atoms. The van der Waals surface area contributed by atoms with Crippen molar-refractivity contribution in [1.29, 1.82) is 0 Å². The van der Waals surface area contributed by atoms with Crippen LogP contribution in [0.25, 0.3) is 0 Å². The highest BCUT2D eigenvalue weighted by Gasteiger charge is 2.20. The second kappa shape index (κ2) is 9.04.